The molecule has 0 radical (unpaired) electrons. The van der Waals surface area contributed by atoms with Crippen LogP contribution in [0, 0.1) is 0 Å². The summed E-state index contributed by atoms with van der Waals surface area (Å²) in [4.78, 5) is 17.2. The van der Waals surface area contributed by atoms with Crippen molar-refractivity contribution in [1.82, 2.24) is 15.1 Å². The summed E-state index contributed by atoms with van der Waals surface area (Å²) in [6, 6.07) is 19.9. The Morgan fingerprint density at radius 1 is 0.900 bits per heavy atom. The Kier molecular flexibility index (Phi) is 7.99. The number of hydrogen-bond acceptors (Lipinski definition) is 4. The minimum Gasteiger partial charge on any atom is -0.369 e. The van der Waals surface area contributed by atoms with Gasteiger partial charge in [-0.05, 0) is 60.6 Å². The molecule has 4 aromatic rings. The van der Waals surface area contributed by atoms with Crippen LogP contribution in [-0.2, 0) is 6.18 Å². The number of nitrogens with zero attached hydrogens (tertiary/aromatic N) is 3. The molecule has 40 heavy (non-hydrogen) atoms. The van der Waals surface area contributed by atoms with Crippen LogP contribution in [0.3, 0.4) is 0 Å². The molecule has 0 aliphatic carbocycles. The van der Waals surface area contributed by atoms with Gasteiger partial charge in [0.25, 0.3) is 0 Å². The van der Waals surface area contributed by atoms with Crippen LogP contribution in [0.1, 0.15) is 12.5 Å². The molecule has 1 saturated heterocycles. The minimum absolute atomic E-state index is 0.0251. The molecule has 1 fully saturated rings. The lowest BCUT2D eigenvalue weighted by molar-refractivity contribution is -0.137. The number of aromatic nitrogens is 2. The second-order valence-corrected chi connectivity index (χ2v) is 9.89. The summed E-state index contributed by atoms with van der Waals surface area (Å²) in [6.07, 6.45) is -4.62. The highest BCUT2D eigenvalue weighted by Crippen LogP contribution is 2.36. The molecule has 0 atom stereocenters. The van der Waals surface area contributed by atoms with E-state index in [1.165, 1.54) is 11.8 Å². The summed E-state index contributed by atoms with van der Waals surface area (Å²) in [5.41, 5.74) is 4.14. The molecule has 2 heterocycles. The number of rotatable bonds is 6. The topological polar surface area (TPSA) is 76.3 Å². The Morgan fingerprint density at radius 3 is 2.17 bits per heavy atom. The highest BCUT2D eigenvalue weighted by molar-refractivity contribution is 6.31. The van der Waals surface area contributed by atoms with Crippen molar-refractivity contribution in [3.63, 3.8) is 0 Å². The number of carbonyl (C=O) groups excluding carboxylic acids is 1. The van der Waals surface area contributed by atoms with Crippen LogP contribution in [0.2, 0.25) is 5.02 Å². The van der Waals surface area contributed by atoms with E-state index in [1.54, 1.807) is 12.1 Å². The molecule has 2 amide bonds. The predicted octanol–water partition coefficient (Wildman–Crippen LogP) is 7.20. The Hall–Kier alpha value is -4.02. The zero-order chi connectivity index (χ0) is 28.3. The highest BCUT2D eigenvalue weighted by Gasteiger charge is 2.33. The SMILES string of the molecule is CCN1CCN(c2ccc(-c3cc(-c4ccc(NC(=O)Nc5ccc(Cl)c(C(F)(F)F)c5)cc4)[nH]n3)cc2)CC1. The van der Waals surface area contributed by atoms with Crippen molar-refractivity contribution < 1.29 is 18.0 Å². The normalized spacial score (nSPS) is 14.3. The van der Waals surface area contributed by atoms with Gasteiger partial charge in [0.15, 0.2) is 0 Å². The number of amides is 2. The molecule has 0 bridgehead atoms. The number of halogens is 4. The molecule has 1 aromatic heterocycles. The van der Waals surface area contributed by atoms with E-state index in [9.17, 15) is 18.0 Å². The summed E-state index contributed by atoms with van der Waals surface area (Å²) in [5, 5.41) is 12.1. The van der Waals surface area contributed by atoms with Crippen molar-refractivity contribution in [2.75, 3.05) is 48.3 Å². The maximum atomic E-state index is 13.1. The van der Waals surface area contributed by atoms with Gasteiger partial charge in [0.1, 0.15) is 0 Å². The van der Waals surface area contributed by atoms with Gasteiger partial charge >= 0.3 is 12.2 Å². The molecule has 1 aliphatic rings. The Morgan fingerprint density at radius 2 is 1.52 bits per heavy atom. The summed E-state index contributed by atoms with van der Waals surface area (Å²) < 4.78 is 39.2. The number of carbonyl (C=O) groups is 1. The van der Waals surface area contributed by atoms with Crippen molar-refractivity contribution >= 4 is 34.7 Å². The number of anilines is 3. The summed E-state index contributed by atoms with van der Waals surface area (Å²) in [6.45, 7) is 7.47. The average Bonchev–Trinajstić information content (AvgIpc) is 3.44. The van der Waals surface area contributed by atoms with Gasteiger partial charge in [0.2, 0.25) is 0 Å². The van der Waals surface area contributed by atoms with Crippen LogP contribution in [0.4, 0.5) is 35.0 Å². The van der Waals surface area contributed by atoms with Gasteiger partial charge in [-0.2, -0.15) is 18.3 Å². The second-order valence-electron chi connectivity index (χ2n) is 9.48. The first-order valence-electron chi connectivity index (χ1n) is 12.9. The van der Waals surface area contributed by atoms with E-state index in [1.807, 2.05) is 18.2 Å². The number of alkyl halides is 3. The van der Waals surface area contributed by atoms with Gasteiger partial charge in [-0.15, -0.1) is 0 Å². The van der Waals surface area contributed by atoms with Gasteiger partial charge < -0.3 is 20.4 Å². The second kappa shape index (κ2) is 11.6. The van der Waals surface area contributed by atoms with E-state index in [0.717, 1.165) is 67.4 Å². The fourth-order valence-electron chi connectivity index (χ4n) is 4.63. The molecule has 5 rings (SSSR count). The number of H-pyrrole nitrogens is 1. The fraction of sp³-hybridized carbons (Fsp3) is 0.241. The number of benzene rings is 3. The molecule has 208 valence electrons. The number of nitrogens with one attached hydrogen (secondary N) is 3. The average molecular weight is 569 g/mol. The molecule has 1 aliphatic heterocycles. The molecule has 0 spiro atoms. The van der Waals surface area contributed by atoms with Gasteiger partial charge in [-0.25, -0.2) is 4.79 Å². The highest BCUT2D eigenvalue weighted by atomic mass is 35.5. The standard InChI is InChI=1S/C29H28ClF3N6O/c1-2-38-13-15-39(16-14-38)23-10-5-20(6-11-23)27-18-26(36-37-27)19-3-7-21(8-4-19)34-28(40)35-22-9-12-25(30)24(17-22)29(31,32)33/h3-12,17-18H,2,13-16H2,1H3,(H,36,37)(H2,34,35,40). The Balaban J connectivity index is 1.19. The lowest BCUT2D eigenvalue weighted by Gasteiger charge is -2.35. The minimum atomic E-state index is -4.62. The number of piperazine rings is 1. The zero-order valence-corrected chi connectivity index (χ0v) is 22.5. The van der Waals surface area contributed by atoms with Crippen LogP contribution in [-0.4, -0.2) is 53.9 Å². The molecule has 0 saturated carbocycles. The van der Waals surface area contributed by atoms with Crippen LogP contribution in [0.15, 0.2) is 72.8 Å². The third-order valence-corrected chi connectivity index (χ3v) is 7.24. The van der Waals surface area contributed by atoms with Gasteiger partial charge in [-0.3, -0.25) is 5.10 Å². The smallest absolute Gasteiger partial charge is 0.369 e. The zero-order valence-electron chi connectivity index (χ0n) is 21.7. The Labute approximate surface area is 234 Å². The van der Waals surface area contributed by atoms with Gasteiger partial charge in [0, 0.05) is 48.8 Å². The molecule has 3 N–H and O–H groups in total. The molecular weight excluding hydrogens is 541 g/mol. The van der Waals surface area contributed by atoms with E-state index < -0.39 is 22.8 Å². The summed E-state index contributed by atoms with van der Waals surface area (Å²) >= 11 is 5.63. The molecule has 11 heteroatoms. The number of hydrogen-bond donors (Lipinski definition) is 3. The number of likely N-dealkylation sites (N-methyl/N-ethyl adjacent to an activating group) is 1. The lowest BCUT2D eigenvalue weighted by Crippen LogP contribution is -2.46. The number of aromatic amines is 1. The van der Waals surface area contributed by atoms with Crippen molar-refractivity contribution in [3.8, 4) is 22.5 Å². The van der Waals surface area contributed by atoms with Crippen LogP contribution in [0.25, 0.3) is 22.5 Å². The summed E-state index contributed by atoms with van der Waals surface area (Å²) in [7, 11) is 0. The predicted molar refractivity (Wildman–Crippen MR) is 153 cm³/mol. The van der Waals surface area contributed by atoms with Gasteiger partial charge in [0.05, 0.1) is 22.0 Å². The maximum Gasteiger partial charge on any atom is 0.417 e. The lowest BCUT2D eigenvalue weighted by atomic mass is 10.1. The van der Waals surface area contributed by atoms with Crippen LogP contribution in [0.5, 0.6) is 0 Å². The van der Waals surface area contributed by atoms with Crippen LogP contribution < -0.4 is 15.5 Å². The quantitative estimate of drug-likeness (QED) is 0.230. The summed E-state index contributed by atoms with van der Waals surface area (Å²) in [5.74, 6) is 0. The van der Waals surface area contributed by atoms with E-state index in [0.29, 0.717) is 5.69 Å². The van der Waals surface area contributed by atoms with Crippen molar-refractivity contribution in [3.05, 3.63) is 83.4 Å². The van der Waals surface area contributed by atoms with Crippen molar-refractivity contribution in [2.24, 2.45) is 0 Å². The largest absolute Gasteiger partial charge is 0.417 e. The fourth-order valence-corrected chi connectivity index (χ4v) is 4.85. The van der Waals surface area contributed by atoms with Crippen LogP contribution >= 0.6 is 11.6 Å². The maximum absolute atomic E-state index is 13.1. The molecule has 7 nitrogen and oxygen atoms in total. The third kappa shape index (κ3) is 6.40. The third-order valence-electron chi connectivity index (χ3n) is 6.91. The van der Waals surface area contributed by atoms with E-state index >= 15 is 0 Å². The monoisotopic (exact) mass is 568 g/mol. The van der Waals surface area contributed by atoms with E-state index in [-0.39, 0.29) is 5.69 Å². The Bertz CT molecular complexity index is 1460. The first-order valence-corrected chi connectivity index (χ1v) is 13.3. The number of urea groups is 1. The van der Waals surface area contributed by atoms with Gasteiger partial charge in [-0.1, -0.05) is 42.8 Å². The van der Waals surface area contributed by atoms with E-state index in [4.69, 9.17) is 11.6 Å². The molecule has 3 aromatic carbocycles. The molecular formula is C29H28ClF3N6O. The van der Waals surface area contributed by atoms with Crippen molar-refractivity contribution in [1.29, 1.82) is 0 Å². The first-order chi connectivity index (χ1) is 19.2. The molecule has 0 unspecified atom stereocenters. The van der Waals surface area contributed by atoms with E-state index in [2.05, 4.69) is 61.8 Å². The van der Waals surface area contributed by atoms with Crippen molar-refractivity contribution in [2.45, 2.75) is 13.1 Å². The first kappa shape index (κ1) is 27.5.